The molecular formula is C15H21FN2O2. The van der Waals surface area contributed by atoms with Crippen molar-refractivity contribution in [3.8, 4) is 5.75 Å². The number of nitrogens with one attached hydrogen (secondary N) is 1. The van der Waals surface area contributed by atoms with Gasteiger partial charge in [0.25, 0.3) is 5.91 Å². The van der Waals surface area contributed by atoms with Crippen molar-refractivity contribution in [2.45, 2.75) is 32.1 Å². The summed E-state index contributed by atoms with van der Waals surface area (Å²) in [5, 5.41) is 12.4. The van der Waals surface area contributed by atoms with E-state index in [0.717, 1.165) is 37.8 Å². The largest absolute Gasteiger partial charge is 0.507 e. The maximum Gasteiger partial charge on any atom is 0.255 e. The smallest absolute Gasteiger partial charge is 0.255 e. The first kappa shape index (κ1) is 14.8. The number of phenols is 1. The van der Waals surface area contributed by atoms with E-state index in [1.54, 1.807) is 0 Å². The fourth-order valence-corrected chi connectivity index (χ4v) is 2.81. The molecule has 4 nitrogen and oxygen atoms in total. The third-order valence-corrected chi connectivity index (χ3v) is 4.17. The van der Waals surface area contributed by atoms with Crippen LogP contribution < -0.4 is 11.1 Å². The summed E-state index contributed by atoms with van der Waals surface area (Å²) in [7, 11) is 0. The lowest BCUT2D eigenvalue weighted by atomic mass is 9.74. The highest BCUT2D eigenvalue weighted by molar-refractivity contribution is 5.96. The molecule has 5 heteroatoms. The molecule has 4 N–H and O–H groups in total. The van der Waals surface area contributed by atoms with E-state index in [1.807, 2.05) is 0 Å². The zero-order valence-electron chi connectivity index (χ0n) is 11.5. The number of amides is 1. The first-order valence-electron chi connectivity index (χ1n) is 7.03. The van der Waals surface area contributed by atoms with E-state index in [0.29, 0.717) is 13.1 Å². The van der Waals surface area contributed by atoms with Crippen LogP contribution in [0.25, 0.3) is 0 Å². The van der Waals surface area contributed by atoms with Crippen LogP contribution in [0.4, 0.5) is 4.39 Å². The Morgan fingerprint density at radius 2 is 2.05 bits per heavy atom. The fourth-order valence-electron chi connectivity index (χ4n) is 2.81. The van der Waals surface area contributed by atoms with E-state index in [2.05, 4.69) is 5.32 Å². The molecule has 1 aromatic carbocycles. The van der Waals surface area contributed by atoms with E-state index >= 15 is 0 Å². The van der Waals surface area contributed by atoms with Crippen LogP contribution in [0, 0.1) is 11.2 Å². The van der Waals surface area contributed by atoms with Crippen LogP contribution in [-0.2, 0) is 0 Å². The summed E-state index contributed by atoms with van der Waals surface area (Å²) in [6.07, 6.45) is 5.45. The molecule has 0 aromatic heterocycles. The maximum absolute atomic E-state index is 13.1. The molecule has 0 heterocycles. The normalized spacial score (nSPS) is 17.7. The first-order chi connectivity index (χ1) is 9.56. The highest BCUT2D eigenvalue weighted by Gasteiger charge is 2.31. The lowest BCUT2D eigenvalue weighted by Crippen LogP contribution is -2.43. The number of nitrogens with two attached hydrogens (primary N) is 1. The SMILES string of the molecule is NCC1(CNC(=O)c2cc(F)ccc2O)CCCCC1. The van der Waals surface area contributed by atoms with Crippen molar-refractivity contribution in [2.75, 3.05) is 13.1 Å². The standard InChI is InChI=1S/C15H21FN2O2/c16-11-4-5-13(19)12(8-11)14(20)18-10-15(9-17)6-2-1-3-7-15/h4-5,8,19H,1-3,6-7,9-10,17H2,(H,18,20). The molecule has 1 amide bonds. The summed E-state index contributed by atoms with van der Waals surface area (Å²) in [5.74, 6) is -1.21. The molecule has 0 aliphatic heterocycles. The molecule has 0 atom stereocenters. The monoisotopic (exact) mass is 280 g/mol. The molecule has 1 aromatic rings. The second kappa shape index (κ2) is 6.22. The van der Waals surface area contributed by atoms with Gasteiger partial charge in [-0.2, -0.15) is 0 Å². The Hall–Kier alpha value is -1.62. The van der Waals surface area contributed by atoms with Crippen molar-refractivity contribution in [1.82, 2.24) is 5.32 Å². The van der Waals surface area contributed by atoms with Crippen LogP contribution in [-0.4, -0.2) is 24.1 Å². The Labute approximate surface area is 118 Å². The number of hydrogen-bond acceptors (Lipinski definition) is 3. The van der Waals surface area contributed by atoms with Crippen LogP contribution in [0.5, 0.6) is 5.75 Å². The van der Waals surface area contributed by atoms with Crippen molar-refractivity contribution >= 4 is 5.91 Å². The van der Waals surface area contributed by atoms with Crippen molar-refractivity contribution in [1.29, 1.82) is 0 Å². The van der Waals surface area contributed by atoms with Gasteiger partial charge >= 0.3 is 0 Å². The highest BCUT2D eigenvalue weighted by atomic mass is 19.1. The molecule has 1 aliphatic carbocycles. The molecule has 0 spiro atoms. The summed E-state index contributed by atoms with van der Waals surface area (Å²) in [6.45, 7) is 1.00. The summed E-state index contributed by atoms with van der Waals surface area (Å²) in [4.78, 5) is 12.0. The minimum Gasteiger partial charge on any atom is -0.507 e. The van der Waals surface area contributed by atoms with Gasteiger partial charge in [0.1, 0.15) is 11.6 Å². The molecular weight excluding hydrogens is 259 g/mol. The third kappa shape index (κ3) is 3.28. The zero-order chi connectivity index (χ0) is 14.6. The van der Waals surface area contributed by atoms with Gasteiger partial charge in [-0.15, -0.1) is 0 Å². The Morgan fingerprint density at radius 1 is 1.35 bits per heavy atom. The molecule has 20 heavy (non-hydrogen) atoms. The number of rotatable bonds is 4. The average Bonchev–Trinajstić information content (AvgIpc) is 2.48. The van der Waals surface area contributed by atoms with Crippen LogP contribution in [0.1, 0.15) is 42.5 Å². The highest BCUT2D eigenvalue weighted by Crippen LogP contribution is 2.34. The molecule has 0 saturated heterocycles. The average molecular weight is 280 g/mol. The van der Waals surface area contributed by atoms with E-state index in [-0.39, 0.29) is 16.7 Å². The summed E-state index contributed by atoms with van der Waals surface area (Å²) >= 11 is 0. The van der Waals surface area contributed by atoms with Gasteiger partial charge in [0, 0.05) is 6.54 Å². The minimum atomic E-state index is -0.542. The number of aromatic hydroxyl groups is 1. The fraction of sp³-hybridized carbons (Fsp3) is 0.533. The van der Waals surface area contributed by atoms with Crippen LogP contribution in [0.2, 0.25) is 0 Å². The van der Waals surface area contributed by atoms with E-state index < -0.39 is 11.7 Å². The van der Waals surface area contributed by atoms with Crippen LogP contribution >= 0.6 is 0 Å². The first-order valence-corrected chi connectivity index (χ1v) is 7.03. The summed E-state index contributed by atoms with van der Waals surface area (Å²) < 4.78 is 13.1. The number of carbonyl (C=O) groups is 1. The maximum atomic E-state index is 13.1. The molecule has 1 fully saturated rings. The predicted octanol–water partition coefficient (Wildman–Crippen LogP) is 2.17. The van der Waals surface area contributed by atoms with Gasteiger partial charge in [0.05, 0.1) is 5.56 Å². The summed E-state index contributed by atoms with van der Waals surface area (Å²) in [5.41, 5.74) is 5.76. The second-order valence-corrected chi connectivity index (χ2v) is 5.61. The number of phenolic OH excluding ortho intramolecular Hbond substituents is 1. The molecule has 110 valence electrons. The third-order valence-electron chi connectivity index (χ3n) is 4.17. The van der Waals surface area contributed by atoms with Gasteiger partial charge in [-0.05, 0) is 43.0 Å². The topological polar surface area (TPSA) is 75.3 Å². The molecule has 0 bridgehead atoms. The molecule has 2 rings (SSSR count). The Balaban J connectivity index is 2.02. The lowest BCUT2D eigenvalue weighted by Gasteiger charge is -2.36. The Morgan fingerprint density at radius 3 is 2.70 bits per heavy atom. The minimum absolute atomic E-state index is 0.0343. The van der Waals surface area contributed by atoms with Gasteiger partial charge in [0.2, 0.25) is 0 Å². The Kier molecular flexibility index (Phi) is 4.60. The lowest BCUT2D eigenvalue weighted by molar-refractivity contribution is 0.0911. The number of halogens is 1. The van der Waals surface area contributed by atoms with Crippen molar-refractivity contribution < 1.29 is 14.3 Å². The second-order valence-electron chi connectivity index (χ2n) is 5.61. The number of benzene rings is 1. The predicted molar refractivity (Wildman–Crippen MR) is 75.0 cm³/mol. The van der Waals surface area contributed by atoms with Gasteiger partial charge in [-0.25, -0.2) is 4.39 Å². The van der Waals surface area contributed by atoms with Crippen molar-refractivity contribution in [2.24, 2.45) is 11.1 Å². The quantitative estimate of drug-likeness (QED) is 0.791. The Bertz CT molecular complexity index is 485. The zero-order valence-corrected chi connectivity index (χ0v) is 11.5. The summed E-state index contributed by atoms with van der Waals surface area (Å²) in [6, 6.07) is 3.35. The van der Waals surface area contributed by atoms with Crippen molar-refractivity contribution in [3.63, 3.8) is 0 Å². The van der Waals surface area contributed by atoms with Gasteiger partial charge < -0.3 is 16.2 Å². The van der Waals surface area contributed by atoms with Gasteiger partial charge in [-0.1, -0.05) is 19.3 Å². The number of hydrogen-bond donors (Lipinski definition) is 3. The van der Waals surface area contributed by atoms with Crippen molar-refractivity contribution in [3.05, 3.63) is 29.6 Å². The van der Waals surface area contributed by atoms with Crippen LogP contribution in [0.3, 0.4) is 0 Å². The van der Waals surface area contributed by atoms with Crippen LogP contribution in [0.15, 0.2) is 18.2 Å². The van der Waals surface area contributed by atoms with Gasteiger partial charge in [-0.3, -0.25) is 4.79 Å². The molecule has 1 saturated carbocycles. The van der Waals surface area contributed by atoms with E-state index in [9.17, 15) is 14.3 Å². The molecule has 0 unspecified atom stereocenters. The molecule has 0 radical (unpaired) electrons. The number of carbonyl (C=O) groups excluding carboxylic acids is 1. The van der Waals surface area contributed by atoms with Gasteiger partial charge in [0.15, 0.2) is 0 Å². The van der Waals surface area contributed by atoms with E-state index in [1.165, 1.54) is 12.5 Å². The molecule has 1 aliphatic rings. The van der Waals surface area contributed by atoms with E-state index in [4.69, 9.17) is 5.73 Å².